The molecule has 16 heavy (non-hydrogen) atoms. The molecule has 1 saturated carbocycles. The number of hydrogen-bond acceptors (Lipinski definition) is 3. The zero-order chi connectivity index (χ0) is 11.8. The van der Waals surface area contributed by atoms with Crippen LogP contribution in [0.5, 0.6) is 0 Å². The van der Waals surface area contributed by atoms with Crippen LogP contribution < -0.4 is 5.14 Å². The first-order valence-electron chi connectivity index (χ1n) is 5.96. The van der Waals surface area contributed by atoms with Gasteiger partial charge < -0.3 is 5.11 Å². The second-order valence-electron chi connectivity index (χ2n) is 4.97. The highest BCUT2D eigenvalue weighted by Crippen LogP contribution is 2.35. The standard InChI is InChI=1S/C10H20N2O3S/c11-16(14,15)12-7-9(13)6-10(12)8-4-2-1-3-5-8/h8-10,13H,1-7H2,(H2,11,14,15)/t9-,10+/m0/s1. The van der Waals surface area contributed by atoms with Crippen molar-refractivity contribution in [1.82, 2.24) is 4.31 Å². The number of nitrogens with zero attached hydrogens (tertiary/aromatic N) is 1. The van der Waals surface area contributed by atoms with Crippen molar-refractivity contribution in [2.24, 2.45) is 11.1 Å². The maximum atomic E-state index is 11.4. The Bertz CT molecular complexity index is 338. The SMILES string of the molecule is NS(=O)(=O)N1C[C@@H](O)C[C@@H]1C1CCCCC1. The maximum absolute atomic E-state index is 11.4. The average Bonchev–Trinajstić information content (AvgIpc) is 2.61. The van der Waals surface area contributed by atoms with Crippen molar-refractivity contribution in [1.29, 1.82) is 0 Å². The summed E-state index contributed by atoms with van der Waals surface area (Å²) >= 11 is 0. The maximum Gasteiger partial charge on any atom is 0.277 e. The number of hydrogen-bond donors (Lipinski definition) is 2. The Kier molecular flexibility index (Phi) is 3.53. The number of aliphatic hydroxyl groups excluding tert-OH is 1. The summed E-state index contributed by atoms with van der Waals surface area (Å²) in [7, 11) is -3.66. The third-order valence-corrected chi connectivity index (χ3v) is 4.87. The molecule has 2 atom stereocenters. The van der Waals surface area contributed by atoms with Crippen LogP contribution in [0.2, 0.25) is 0 Å². The van der Waals surface area contributed by atoms with E-state index in [-0.39, 0.29) is 12.6 Å². The third kappa shape index (κ3) is 2.56. The Morgan fingerprint density at radius 1 is 1.19 bits per heavy atom. The predicted molar refractivity (Wildman–Crippen MR) is 60.8 cm³/mol. The topological polar surface area (TPSA) is 83.6 Å². The fraction of sp³-hybridized carbons (Fsp3) is 1.00. The third-order valence-electron chi connectivity index (χ3n) is 3.80. The fourth-order valence-electron chi connectivity index (χ4n) is 3.05. The molecule has 3 N–H and O–H groups in total. The molecule has 2 rings (SSSR count). The van der Waals surface area contributed by atoms with Gasteiger partial charge in [-0.15, -0.1) is 0 Å². The second kappa shape index (κ2) is 4.60. The zero-order valence-corrected chi connectivity index (χ0v) is 10.2. The normalized spacial score (nSPS) is 34.4. The largest absolute Gasteiger partial charge is 0.392 e. The van der Waals surface area contributed by atoms with E-state index in [0.717, 1.165) is 25.7 Å². The molecule has 0 amide bonds. The van der Waals surface area contributed by atoms with Crippen LogP contribution in [-0.2, 0) is 10.2 Å². The molecule has 94 valence electrons. The van der Waals surface area contributed by atoms with Crippen LogP contribution in [-0.4, -0.2) is 36.5 Å². The Morgan fingerprint density at radius 3 is 2.38 bits per heavy atom. The summed E-state index contributed by atoms with van der Waals surface area (Å²) < 4.78 is 24.1. The van der Waals surface area contributed by atoms with Crippen molar-refractivity contribution in [2.45, 2.75) is 50.7 Å². The van der Waals surface area contributed by atoms with Gasteiger partial charge in [-0.1, -0.05) is 19.3 Å². The molecule has 2 aliphatic rings. The van der Waals surface area contributed by atoms with Crippen molar-refractivity contribution >= 4 is 10.2 Å². The van der Waals surface area contributed by atoms with Crippen LogP contribution in [0.25, 0.3) is 0 Å². The van der Waals surface area contributed by atoms with Crippen molar-refractivity contribution in [2.75, 3.05) is 6.54 Å². The molecule has 0 bridgehead atoms. The molecule has 0 aromatic heterocycles. The van der Waals surface area contributed by atoms with E-state index < -0.39 is 16.3 Å². The summed E-state index contributed by atoms with van der Waals surface area (Å²) in [6.45, 7) is 0.167. The molecule has 1 aliphatic heterocycles. The Labute approximate surface area is 96.8 Å². The molecule has 1 heterocycles. The first kappa shape index (κ1) is 12.3. The van der Waals surface area contributed by atoms with Gasteiger partial charge in [-0.3, -0.25) is 0 Å². The van der Waals surface area contributed by atoms with E-state index in [0.29, 0.717) is 12.3 Å². The molecule has 0 aromatic rings. The van der Waals surface area contributed by atoms with Gasteiger partial charge in [0.2, 0.25) is 0 Å². The highest BCUT2D eigenvalue weighted by molar-refractivity contribution is 7.86. The van der Waals surface area contributed by atoms with E-state index in [9.17, 15) is 13.5 Å². The van der Waals surface area contributed by atoms with E-state index >= 15 is 0 Å². The number of aliphatic hydroxyl groups is 1. The van der Waals surface area contributed by atoms with E-state index in [1.54, 1.807) is 0 Å². The van der Waals surface area contributed by atoms with Gasteiger partial charge in [0.25, 0.3) is 10.2 Å². The molecule has 0 aromatic carbocycles. The van der Waals surface area contributed by atoms with E-state index in [1.165, 1.54) is 10.7 Å². The van der Waals surface area contributed by atoms with Crippen molar-refractivity contribution in [3.05, 3.63) is 0 Å². The number of β-amino-alcohol motifs (C(OH)–C–C–N with tert-alkyl or cyclic N) is 1. The minimum atomic E-state index is -3.66. The molecule has 0 radical (unpaired) electrons. The van der Waals surface area contributed by atoms with Gasteiger partial charge in [0, 0.05) is 12.6 Å². The highest BCUT2D eigenvalue weighted by Gasteiger charge is 2.41. The molecular weight excluding hydrogens is 228 g/mol. The summed E-state index contributed by atoms with van der Waals surface area (Å²) in [5, 5.41) is 14.8. The van der Waals surface area contributed by atoms with E-state index in [4.69, 9.17) is 5.14 Å². The smallest absolute Gasteiger partial charge is 0.277 e. The van der Waals surface area contributed by atoms with Gasteiger partial charge in [0.1, 0.15) is 0 Å². The van der Waals surface area contributed by atoms with E-state index in [2.05, 4.69) is 0 Å². The molecule has 0 spiro atoms. The van der Waals surface area contributed by atoms with Crippen LogP contribution in [0.15, 0.2) is 0 Å². The van der Waals surface area contributed by atoms with Gasteiger partial charge in [-0.2, -0.15) is 12.7 Å². The van der Waals surface area contributed by atoms with Crippen LogP contribution >= 0.6 is 0 Å². The summed E-state index contributed by atoms with van der Waals surface area (Å²) in [4.78, 5) is 0. The second-order valence-corrected chi connectivity index (χ2v) is 6.47. The molecule has 2 fully saturated rings. The monoisotopic (exact) mass is 248 g/mol. The first-order valence-corrected chi connectivity index (χ1v) is 7.46. The Morgan fingerprint density at radius 2 is 1.81 bits per heavy atom. The summed E-state index contributed by atoms with van der Waals surface area (Å²) in [6.07, 6.45) is 5.67. The van der Waals surface area contributed by atoms with Crippen molar-refractivity contribution in [3.63, 3.8) is 0 Å². The fourth-order valence-corrected chi connectivity index (χ4v) is 4.07. The van der Waals surface area contributed by atoms with Crippen LogP contribution in [0.1, 0.15) is 38.5 Å². The van der Waals surface area contributed by atoms with E-state index in [1.807, 2.05) is 0 Å². The number of nitrogens with two attached hydrogens (primary N) is 1. The van der Waals surface area contributed by atoms with Crippen molar-refractivity contribution < 1.29 is 13.5 Å². The van der Waals surface area contributed by atoms with Gasteiger partial charge >= 0.3 is 0 Å². The van der Waals surface area contributed by atoms with Gasteiger partial charge in [-0.05, 0) is 25.2 Å². The van der Waals surface area contributed by atoms with Gasteiger partial charge in [0.15, 0.2) is 0 Å². The quantitative estimate of drug-likeness (QED) is 0.732. The zero-order valence-electron chi connectivity index (χ0n) is 9.38. The summed E-state index contributed by atoms with van der Waals surface area (Å²) in [5.74, 6) is 0.379. The van der Waals surface area contributed by atoms with Crippen LogP contribution in [0.3, 0.4) is 0 Å². The lowest BCUT2D eigenvalue weighted by Crippen LogP contribution is -2.44. The minimum Gasteiger partial charge on any atom is -0.392 e. The van der Waals surface area contributed by atoms with Crippen molar-refractivity contribution in [3.8, 4) is 0 Å². The minimum absolute atomic E-state index is 0.0784. The molecule has 1 aliphatic carbocycles. The lowest BCUT2D eigenvalue weighted by atomic mass is 9.83. The highest BCUT2D eigenvalue weighted by atomic mass is 32.2. The predicted octanol–water partition coefficient (Wildman–Crippen LogP) is 0.205. The van der Waals surface area contributed by atoms with Crippen LogP contribution in [0, 0.1) is 5.92 Å². The summed E-state index contributed by atoms with van der Waals surface area (Å²) in [5.41, 5.74) is 0. The molecule has 5 nitrogen and oxygen atoms in total. The number of rotatable bonds is 2. The van der Waals surface area contributed by atoms with Gasteiger partial charge in [-0.25, -0.2) is 5.14 Å². The lowest BCUT2D eigenvalue weighted by Gasteiger charge is -2.32. The van der Waals surface area contributed by atoms with Crippen LogP contribution in [0.4, 0.5) is 0 Å². The average molecular weight is 248 g/mol. The Hall–Kier alpha value is -0.170. The molecule has 1 saturated heterocycles. The molecule has 6 heteroatoms. The first-order chi connectivity index (χ1) is 7.48. The Balaban J connectivity index is 2.11. The molecular formula is C10H20N2O3S. The molecule has 0 unspecified atom stereocenters. The van der Waals surface area contributed by atoms with Gasteiger partial charge in [0.05, 0.1) is 6.10 Å². The summed E-state index contributed by atoms with van der Waals surface area (Å²) in [6, 6.07) is -0.0784. The lowest BCUT2D eigenvalue weighted by molar-refractivity contribution is 0.185.